The summed E-state index contributed by atoms with van der Waals surface area (Å²) in [5.74, 6) is -0.170. The van der Waals surface area contributed by atoms with E-state index in [9.17, 15) is 19.6 Å². The number of aliphatic hydroxyl groups excluding tert-OH is 1. The summed E-state index contributed by atoms with van der Waals surface area (Å²) in [6.07, 6.45) is 0. The Morgan fingerprint density at radius 1 is 1.19 bits per heavy atom. The number of amides is 1. The van der Waals surface area contributed by atoms with E-state index in [4.69, 9.17) is 4.74 Å². The zero-order chi connectivity index (χ0) is 23.3. The van der Waals surface area contributed by atoms with E-state index in [-0.39, 0.29) is 31.4 Å². The van der Waals surface area contributed by atoms with E-state index in [1.807, 2.05) is 24.3 Å². The van der Waals surface area contributed by atoms with Gasteiger partial charge in [0.1, 0.15) is 23.7 Å². The van der Waals surface area contributed by atoms with E-state index < -0.39 is 6.04 Å². The van der Waals surface area contributed by atoms with Crippen molar-refractivity contribution in [3.05, 3.63) is 77.1 Å². The Morgan fingerprint density at radius 2 is 1.88 bits per heavy atom. The number of ether oxygens (including phenoxy) is 1. The van der Waals surface area contributed by atoms with Gasteiger partial charge in [0.25, 0.3) is 0 Å². The predicted octanol–water partition coefficient (Wildman–Crippen LogP) is 3.48. The quantitative estimate of drug-likeness (QED) is 0.586. The number of likely N-dealkylation sites (N-methyl/N-ethyl adjacent to an activating group) is 2. The van der Waals surface area contributed by atoms with Crippen LogP contribution >= 0.6 is 0 Å². The molecule has 0 saturated heterocycles. The molecule has 7 heteroatoms. The second kappa shape index (κ2) is 10.2. The third kappa shape index (κ3) is 4.72. The molecule has 0 saturated carbocycles. The lowest BCUT2D eigenvalue weighted by Crippen LogP contribution is -2.40. The summed E-state index contributed by atoms with van der Waals surface area (Å²) in [5.41, 5.74) is 1.76. The van der Waals surface area contributed by atoms with Gasteiger partial charge in [-0.05, 0) is 41.6 Å². The van der Waals surface area contributed by atoms with Crippen molar-refractivity contribution in [1.29, 1.82) is 5.26 Å². The Labute approximate surface area is 187 Å². The molecule has 1 N–H and O–H groups in total. The third-order valence-electron chi connectivity index (χ3n) is 5.51. The highest BCUT2D eigenvalue weighted by Gasteiger charge is 2.29. The first-order chi connectivity index (χ1) is 15.4. The van der Waals surface area contributed by atoms with E-state index >= 15 is 0 Å². The molecule has 0 radical (unpaired) electrons. The standard InChI is InChI=1S/C25H26FN3O3/c1-28(12-13-30)23(17-8-10-20(26)11-9-17)25(31)29(2)16-22-21-7-5-4-6-18(21)14-19(15-27)24(22)32-3/h4-11,14,23,30H,12-13,16H2,1-3H3. The first kappa shape index (κ1) is 23.2. The number of methoxy groups -OCH3 is 1. The van der Waals surface area contributed by atoms with E-state index in [2.05, 4.69) is 6.07 Å². The Balaban J connectivity index is 2.01. The maximum Gasteiger partial charge on any atom is 0.244 e. The van der Waals surface area contributed by atoms with Gasteiger partial charge in [0.05, 0.1) is 19.3 Å². The lowest BCUT2D eigenvalue weighted by atomic mass is 9.98. The van der Waals surface area contributed by atoms with Crippen molar-refractivity contribution >= 4 is 16.7 Å². The Morgan fingerprint density at radius 3 is 2.50 bits per heavy atom. The molecule has 3 aromatic carbocycles. The van der Waals surface area contributed by atoms with Crippen molar-refractivity contribution in [2.75, 3.05) is 34.4 Å². The van der Waals surface area contributed by atoms with Crippen molar-refractivity contribution < 1.29 is 19.0 Å². The Hall–Kier alpha value is -3.47. The van der Waals surface area contributed by atoms with Crippen LogP contribution in [0.3, 0.4) is 0 Å². The number of hydrogen-bond acceptors (Lipinski definition) is 5. The second-order valence-corrected chi connectivity index (χ2v) is 7.62. The van der Waals surface area contributed by atoms with Gasteiger partial charge in [-0.3, -0.25) is 9.69 Å². The highest BCUT2D eigenvalue weighted by atomic mass is 19.1. The average Bonchev–Trinajstić information content (AvgIpc) is 2.80. The highest BCUT2D eigenvalue weighted by molar-refractivity contribution is 5.90. The number of hydrogen-bond donors (Lipinski definition) is 1. The van der Waals surface area contributed by atoms with Crippen LogP contribution in [0.25, 0.3) is 10.8 Å². The van der Waals surface area contributed by atoms with Crippen molar-refractivity contribution in [2.45, 2.75) is 12.6 Å². The smallest absolute Gasteiger partial charge is 0.244 e. The summed E-state index contributed by atoms with van der Waals surface area (Å²) in [5, 5.41) is 20.8. The fraction of sp³-hybridized carbons (Fsp3) is 0.280. The zero-order valence-electron chi connectivity index (χ0n) is 18.4. The van der Waals surface area contributed by atoms with Gasteiger partial charge in [-0.1, -0.05) is 36.4 Å². The van der Waals surface area contributed by atoms with Gasteiger partial charge in [-0.15, -0.1) is 0 Å². The van der Waals surface area contributed by atoms with Gasteiger partial charge in [-0.2, -0.15) is 5.26 Å². The van der Waals surface area contributed by atoms with Crippen LogP contribution in [0.1, 0.15) is 22.7 Å². The number of carbonyl (C=O) groups excluding carboxylic acids is 1. The molecule has 0 aliphatic carbocycles. The second-order valence-electron chi connectivity index (χ2n) is 7.62. The summed E-state index contributed by atoms with van der Waals surface area (Å²) in [6, 6.07) is 16.7. The van der Waals surface area contributed by atoms with Gasteiger partial charge >= 0.3 is 0 Å². The van der Waals surface area contributed by atoms with Crippen LogP contribution < -0.4 is 4.74 Å². The maximum absolute atomic E-state index is 13.5. The molecule has 1 atom stereocenters. The number of benzene rings is 3. The summed E-state index contributed by atoms with van der Waals surface area (Å²) in [6.45, 7) is 0.369. The molecule has 0 aromatic heterocycles. The Bertz CT molecular complexity index is 1140. The van der Waals surface area contributed by atoms with Crippen molar-refractivity contribution in [3.8, 4) is 11.8 Å². The van der Waals surface area contributed by atoms with Crippen LogP contribution in [-0.4, -0.2) is 55.2 Å². The normalized spacial score (nSPS) is 11.9. The third-order valence-corrected chi connectivity index (χ3v) is 5.51. The molecule has 166 valence electrons. The van der Waals surface area contributed by atoms with E-state index in [1.165, 1.54) is 19.2 Å². The maximum atomic E-state index is 13.5. The van der Waals surface area contributed by atoms with Crippen LogP contribution in [0.2, 0.25) is 0 Å². The first-order valence-corrected chi connectivity index (χ1v) is 10.2. The largest absolute Gasteiger partial charge is 0.495 e. The lowest BCUT2D eigenvalue weighted by Gasteiger charge is -2.31. The Kier molecular flexibility index (Phi) is 7.41. The van der Waals surface area contributed by atoms with Gasteiger partial charge in [0, 0.05) is 25.7 Å². The summed E-state index contributed by atoms with van der Waals surface area (Å²) < 4.78 is 19.0. The molecule has 1 unspecified atom stereocenters. The molecule has 0 bridgehead atoms. The number of fused-ring (bicyclic) bond motifs is 1. The number of halogens is 1. The van der Waals surface area contributed by atoms with Crippen LogP contribution in [0.15, 0.2) is 54.6 Å². The lowest BCUT2D eigenvalue weighted by molar-refractivity contribution is -0.136. The molecule has 0 fully saturated rings. The minimum atomic E-state index is -0.704. The molecular formula is C25H26FN3O3. The minimum absolute atomic E-state index is 0.117. The molecule has 3 aromatic rings. The highest BCUT2D eigenvalue weighted by Crippen LogP contribution is 2.33. The van der Waals surface area contributed by atoms with Crippen LogP contribution in [0.4, 0.5) is 4.39 Å². The van der Waals surface area contributed by atoms with Gasteiger partial charge < -0.3 is 14.7 Å². The zero-order valence-corrected chi connectivity index (χ0v) is 18.4. The molecule has 32 heavy (non-hydrogen) atoms. The number of nitriles is 1. The van der Waals surface area contributed by atoms with Gasteiger partial charge in [0.15, 0.2) is 0 Å². The summed E-state index contributed by atoms with van der Waals surface area (Å²) >= 11 is 0. The molecule has 0 spiro atoms. The topological polar surface area (TPSA) is 76.8 Å². The summed E-state index contributed by atoms with van der Waals surface area (Å²) in [4.78, 5) is 16.8. The average molecular weight is 435 g/mol. The molecule has 6 nitrogen and oxygen atoms in total. The molecule has 1 amide bonds. The predicted molar refractivity (Wildman–Crippen MR) is 121 cm³/mol. The van der Waals surface area contributed by atoms with E-state index in [1.54, 1.807) is 42.1 Å². The minimum Gasteiger partial charge on any atom is -0.495 e. The molecule has 0 aliphatic heterocycles. The van der Waals surface area contributed by atoms with Crippen LogP contribution in [-0.2, 0) is 11.3 Å². The molecular weight excluding hydrogens is 409 g/mol. The fourth-order valence-corrected chi connectivity index (χ4v) is 3.92. The van der Waals surface area contributed by atoms with E-state index in [0.717, 1.165) is 16.3 Å². The van der Waals surface area contributed by atoms with Crippen LogP contribution in [0.5, 0.6) is 5.75 Å². The SMILES string of the molecule is COc1c(C#N)cc2ccccc2c1CN(C)C(=O)C(c1ccc(F)cc1)N(C)CCO. The first-order valence-electron chi connectivity index (χ1n) is 10.2. The van der Waals surface area contributed by atoms with Crippen molar-refractivity contribution in [1.82, 2.24) is 9.80 Å². The number of carbonyl (C=O) groups is 1. The monoisotopic (exact) mass is 435 g/mol. The van der Waals surface area contributed by atoms with Gasteiger partial charge in [-0.25, -0.2) is 4.39 Å². The van der Waals surface area contributed by atoms with Gasteiger partial charge in [0.2, 0.25) is 5.91 Å². The number of nitrogens with zero attached hydrogens (tertiary/aromatic N) is 3. The molecule has 0 aliphatic rings. The number of aliphatic hydroxyl groups is 1. The number of rotatable bonds is 8. The van der Waals surface area contributed by atoms with Crippen molar-refractivity contribution in [2.24, 2.45) is 0 Å². The van der Waals surface area contributed by atoms with Crippen molar-refractivity contribution in [3.63, 3.8) is 0 Å². The summed E-state index contributed by atoms with van der Waals surface area (Å²) in [7, 11) is 4.92. The van der Waals surface area contributed by atoms with Crippen LogP contribution in [0, 0.1) is 17.1 Å². The van der Waals surface area contributed by atoms with E-state index in [0.29, 0.717) is 16.9 Å². The fourth-order valence-electron chi connectivity index (χ4n) is 3.92. The molecule has 3 rings (SSSR count). The molecule has 0 heterocycles.